The summed E-state index contributed by atoms with van der Waals surface area (Å²) in [7, 11) is 0. The van der Waals surface area contributed by atoms with E-state index in [-0.39, 0.29) is 24.5 Å². The summed E-state index contributed by atoms with van der Waals surface area (Å²) in [5.41, 5.74) is 5.62. The van der Waals surface area contributed by atoms with E-state index in [4.69, 9.17) is 50.0 Å². The molecular formula is C14H21Cl3N4O3. The van der Waals surface area contributed by atoms with Crippen LogP contribution in [0.2, 0.25) is 0 Å². The molecule has 0 spiro atoms. The van der Waals surface area contributed by atoms with E-state index in [1.807, 2.05) is 12.2 Å². The first-order chi connectivity index (χ1) is 11.2. The molecule has 5 N–H and O–H groups in total. The number of carbonyl (C=O) groups excluding carboxylic acids is 1. The molecule has 0 aromatic heterocycles. The minimum Gasteiger partial charge on any atom is -0.432 e. The highest BCUT2D eigenvalue weighted by atomic mass is 35.6. The van der Waals surface area contributed by atoms with Crippen molar-refractivity contribution in [2.75, 3.05) is 19.8 Å². The fourth-order valence-corrected chi connectivity index (χ4v) is 2.06. The molecule has 2 atom stereocenters. The second-order valence-electron chi connectivity index (χ2n) is 5.03. The fourth-order valence-electron chi connectivity index (χ4n) is 1.90. The van der Waals surface area contributed by atoms with Crippen molar-refractivity contribution in [2.24, 2.45) is 5.73 Å². The molecule has 0 amide bonds. The minimum atomic E-state index is -1.70. The molecule has 24 heavy (non-hydrogen) atoms. The third-order valence-electron chi connectivity index (χ3n) is 2.87. The molecule has 136 valence electrons. The smallest absolute Gasteiger partial charge is 0.432 e. The average Bonchev–Trinajstić information content (AvgIpc) is 2.53. The van der Waals surface area contributed by atoms with Crippen molar-refractivity contribution in [3.63, 3.8) is 0 Å². The van der Waals surface area contributed by atoms with Crippen molar-refractivity contribution >= 4 is 41.0 Å². The largest absolute Gasteiger partial charge is 0.508 e. The molecule has 0 aliphatic carbocycles. The predicted molar refractivity (Wildman–Crippen MR) is 95.7 cm³/mol. The first-order valence-electron chi connectivity index (χ1n) is 7.10. The summed E-state index contributed by atoms with van der Waals surface area (Å²) in [6, 6.07) is -0.653. The van der Waals surface area contributed by atoms with Gasteiger partial charge in [0.15, 0.2) is 0 Å². The molecule has 1 aliphatic heterocycles. The molecular weight excluding hydrogens is 379 g/mol. The number of nitrogens with one attached hydrogen (secondary N) is 3. The lowest BCUT2D eigenvalue weighted by molar-refractivity contribution is 0.0488. The lowest BCUT2D eigenvalue weighted by atomic mass is 10.1. The minimum absolute atomic E-state index is 0.0331. The molecule has 0 radical (unpaired) electrons. The van der Waals surface area contributed by atoms with Gasteiger partial charge in [0, 0.05) is 6.54 Å². The Labute approximate surface area is 156 Å². The molecule has 1 rings (SSSR count). The van der Waals surface area contributed by atoms with Gasteiger partial charge in [0.25, 0.3) is 0 Å². The third kappa shape index (κ3) is 9.00. The molecule has 0 aromatic rings. The Kier molecular flexibility index (Phi) is 8.38. The quantitative estimate of drug-likeness (QED) is 0.318. The molecule has 0 saturated carbocycles. The molecule has 1 heterocycles. The van der Waals surface area contributed by atoms with Crippen LogP contribution in [-0.2, 0) is 9.47 Å². The monoisotopic (exact) mass is 398 g/mol. The standard InChI is InChI=1S/C14H21Cl3N4O3/c1-9(18)20-11-5-3-4-6-19-10(2)21-12(11)7-23-13(22)24-8-14(15,16)17/h3,5,11-12,19-21H,1-2,4,6-8,18H2/b5-3-/t11-,12+/m1/s1. The van der Waals surface area contributed by atoms with E-state index in [9.17, 15) is 4.79 Å². The van der Waals surface area contributed by atoms with Gasteiger partial charge in [0.2, 0.25) is 3.79 Å². The second kappa shape index (κ2) is 9.76. The van der Waals surface area contributed by atoms with Gasteiger partial charge in [0.1, 0.15) is 13.2 Å². The van der Waals surface area contributed by atoms with Gasteiger partial charge in [-0.25, -0.2) is 4.79 Å². The van der Waals surface area contributed by atoms with Crippen molar-refractivity contribution in [1.82, 2.24) is 16.0 Å². The second-order valence-corrected chi connectivity index (χ2v) is 7.55. The van der Waals surface area contributed by atoms with Crippen LogP contribution in [0.4, 0.5) is 4.79 Å². The maximum Gasteiger partial charge on any atom is 0.508 e. The summed E-state index contributed by atoms with van der Waals surface area (Å²) in [6.07, 6.45) is 3.74. The van der Waals surface area contributed by atoms with Crippen molar-refractivity contribution < 1.29 is 14.3 Å². The summed E-state index contributed by atoms with van der Waals surface area (Å²) in [5.74, 6) is 0.879. The number of hydrogen-bond donors (Lipinski definition) is 4. The molecule has 0 aromatic carbocycles. The van der Waals surface area contributed by atoms with Crippen LogP contribution in [0.5, 0.6) is 0 Å². The van der Waals surface area contributed by atoms with Gasteiger partial charge in [-0.15, -0.1) is 0 Å². The summed E-state index contributed by atoms with van der Waals surface area (Å²) in [4.78, 5) is 11.6. The van der Waals surface area contributed by atoms with Crippen LogP contribution < -0.4 is 21.7 Å². The first-order valence-corrected chi connectivity index (χ1v) is 8.24. The molecule has 1 aliphatic rings. The number of halogens is 3. The summed E-state index contributed by atoms with van der Waals surface area (Å²) in [6.45, 7) is 7.76. The summed E-state index contributed by atoms with van der Waals surface area (Å²) < 4.78 is 8.08. The molecule has 0 fully saturated rings. The maximum absolute atomic E-state index is 11.6. The van der Waals surface area contributed by atoms with Crippen LogP contribution in [0.25, 0.3) is 0 Å². The highest BCUT2D eigenvalue weighted by molar-refractivity contribution is 6.67. The van der Waals surface area contributed by atoms with E-state index < -0.39 is 16.6 Å². The third-order valence-corrected chi connectivity index (χ3v) is 3.20. The Balaban J connectivity index is 2.67. The Hall–Kier alpha value is -1.44. The van der Waals surface area contributed by atoms with Gasteiger partial charge in [-0.2, -0.15) is 0 Å². The zero-order chi connectivity index (χ0) is 18.2. The number of rotatable bonds is 5. The summed E-state index contributed by atoms with van der Waals surface area (Å²) in [5, 5.41) is 9.21. The summed E-state index contributed by atoms with van der Waals surface area (Å²) >= 11 is 16.5. The normalized spacial score (nSPS) is 22.7. The van der Waals surface area contributed by atoms with Gasteiger partial charge in [0.05, 0.1) is 23.7 Å². The average molecular weight is 400 g/mol. The fraction of sp³-hybridized carbons (Fsp3) is 0.500. The Morgan fingerprint density at radius 2 is 2.17 bits per heavy atom. The number of hydrogen-bond acceptors (Lipinski definition) is 7. The lowest BCUT2D eigenvalue weighted by Crippen LogP contribution is -2.51. The number of nitrogens with two attached hydrogens (primary N) is 1. The molecule has 0 saturated heterocycles. The van der Waals surface area contributed by atoms with E-state index in [0.29, 0.717) is 5.82 Å². The highest BCUT2D eigenvalue weighted by Gasteiger charge is 2.25. The van der Waals surface area contributed by atoms with Crippen LogP contribution in [0.1, 0.15) is 6.42 Å². The van der Waals surface area contributed by atoms with Crippen LogP contribution in [0, 0.1) is 0 Å². The SMILES string of the molecule is C=C(N)N[C@@H]1/C=C\CCNC(=C)N[C@H]1COC(=O)OCC(Cl)(Cl)Cl. The Morgan fingerprint density at radius 1 is 1.46 bits per heavy atom. The molecule has 7 nitrogen and oxygen atoms in total. The predicted octanol–water partition coefficient (Wildman–Crippen LogP) is 1.88. The maximum atomic E-state index is 11.6. The van der Waals surface area contributed by atoms with Crippen LogP contribution in [0.15, 0.2) is 37.0 Å². The molecule has 0 bridgehead atoms. The van der Waals surface area contributed by atoms with E-state index in [1.54, 1.807) is 0 Å². The van der Waals surface area contributed by atoms with Crippen molar-refractivity contribution in [2.45, 2.75) is 22.3 Å². The van der Waals surface area contributed by atoms with E-state index in [1.165, 1.54) is 0 Å². The van der Waals surface area contributed by atoms with E-state index in [0.717, 1.165) is 13.0 Å². The molecule has 0 unspecified atom stereocenters. The van der Waals surface area contributed by atoms with Crippen LogP contribution in [0.3, 0.4) is 0 Å². The van der Waals surface area contributed by atoms with Crippen molar-refractivity contribution in [3.8, 4) is 0 Å². The number of alkyl halides is 3. The van der Waals surface area contributed by atoms with Gasteiger partial charge < -0.3 is 31.2 Å². The van der Waals surface area contributed by atoms with Crippen molar-refractivity contribution in [1.29, 1.82) is 0 Å². The topological polar surface area (TPSA) is 97.6 Å². The zero-order valence-electron chi connectivity index (χ0n) is 13.0. The molecule has 10 heteroatoms. The van der Waals surface area contributed by atoms with E-state index in [2.05, 4.69) is 29.1 Å². The Bertz CT molecular complexity index is 494. The highest BCUT2D eigenvalue weighted by Crippen LogP contribution is 2.26. The van der Waals surface area contributed by atoms with Crippen LogP contribution >= 0.6 is 34.8 Å². The Morgan fingerprint density at radius 3 is 2.79 bits per heavy atom. The van der Waals surface area contributed by atoms with Gasteiger partial charge in [-0.1, -0.05) is 60.1 Å². The van der Waals surface area contributed by atoms with Gasteiger partial charge in [-0.05, 0) is 6.42 Å². The van der Waals surface area contributed by atoms with Gasteiger partial charge in [-0.3, -0.25) is 0 Å². The van der Waals surface area contributed by atoms with Crippen LogP contribution in [-0.4, -0.2) is 41.8 Å². The lowest BCUT2D eigenvalue weighted by Gasteiger charge is -2.28. The number of ether oxygens (including phenoxy) is 2. The number of carbonyl (C=O) groups is 1. The van der Waals surface area contributed by atoms with Crippen molar-refractivity contribution in [3.05, 3.63) is 37.0 Å². The van der Waals surface area contributed by atoms with E-state index >= 15 is 0 Å². The van der Waals surface area contributed by atoms with Gasteiger partial charge >= 0.3 is 6.16 Å². The first kappa shape index (κ1) is 20.6. The zero-order valence-corrected chi connectivity index (χ0v) is 15.3.